The predicted octanol–water partition coefficient (Wildman–Crippen LogP) is 2.18. The van der Waals surface area contributed by atoms with Gasteiger partial charge in [0, 0.05) is 25.7 Å². The van der Waals surface area contributed by atoms with Gasteiger partial charge >= 0.3 is 0 Å². The third-order valence-electron chi connectivity index (χ3n) is 3.66. The zero-order valence-corrected chi connectivity index (χ0v) is 13.3. The molecular weight excluding hydrogens is 288 g/mol. The van der Waals surface area contributed by atoms with Crippen molar-refractivity contribution in [3.05, 3.63) is 53.0 Å². The lowest BCUT2D eigenvalue weighted by atomic mass is 10.1. The fourth-order valence-corrected chi connectivity index (χ4v) is 3.64. The Morgan fingerprint density at radius 2 is 1.90 bits per heavy atom. The molecule has 114 valence electrons. The predicted molar refractivity (Wildman–Crippen MR) is 81.2 cm³/mol. The number of nitrogens with two attached hydrogens (primary N) is 1. The van der Waals surface area contributed by atoms with Crippen LogP contribution in [0.25, 0.3) is 0 Å². The second-order valence-corrected chi connectivity index (χ2v) is 7.02. The molecule has 1 aromatic carbocycles. The summed E-state index contributed by atoms with van der Waals surface area (Å²) in [6.45, 7) is 4.19. The van der Waals surface area contributed by atoms with Crippen LogP contribution in [0.1, 0.15) is 22.5 Å². The van der Waals surface area contributed by atoms with Crippen LogP contribution in [-0.2, 0) is 23.1 Å². The van der Waals surface area contributed by atoms with Crippen molar-refractivity contribution in [3.8, 4) is 0 Å². The number of sulfonamides is 1. The van der Waals surface area contributed by atoms with Gasteiger partial charge in [-0.2, -0.15) is 4.31 Å². The summed E-state index contributed by atoms with van der Waals surface area (Å²) in [5, 5.41) is 0. The van der Waals surface area contributed by atoms with E-state index < -0.39 is 10.0 Å². The van der Waals surface area contributed by atoms with Crippen molar-refractivity contribution < 1.29 is 12.8 Å². The Hall–Kier alpha value is -1.63. The Balaban J connectivity index is 2.36. The molecule has 2 N–H and O–H groups in total. The first-order chi connectivity index (χ1) is 9.87. The summed E-state index contributed by atoms with van der Waals surface area (Å²) in [6.07, 6.45) is 1.56. The Bertz CT molecular complexity index is 735. The molecule has 21 heavy (non-hydrogen) atoms. The molecule has 0 aliphatic heterocycles. The molecule has 0 fully saturated rings. The molecule has 0 bridgehead atoms. The van der Waals surface area contributed by atoms with E-state index in [4.69, 9.17) is 10.2 Å². The summed E-state index contributed by atoms with van der Waals surface area (Å²) in [5.74, 6) is 0.726. The van der Waals surface area contributed by atoms with E-state index in [1.165, 1.54) is 4.31 Å². The number of aryl methyl sites for hydroxylation is 1. The van der Waals surface area contributed by atoms with Crippen LogP contribution in [-0.4, -0.2) is 19.8 Å². The largest absolute Gasteiger partial charge is 0.469 e. The lowest BCUT2D eigenvalue weighted by molar-refractivity contribution is 0.458. The SMILES string of the molecule is Cc1occc1CN(C)S(=O)(=O)c1cccc(CN)c1C. The minimum atomic E-state index is -3.56. The lowest BCUT2D eigenvalue weighted by Gasteiger charge is -2.19. The van der Waals surface area contributed by atoms with Gasteiger partial charge in [-0.3, -0.25) is 0 Å². The van der Waals surface area contributed by atoms with E-state index in [0.29, 0.717) is 17.0 Å². The highest BCUT2D eigenvalue weighted by atomic mass is 32.2. The fraction of sp³-hybridized carbons (Fsp3) is 0.333. The summed E-state index contributed by atoms with van der Waals surface area (Å²) in [4.78, 5) is 0.300. The molecule has 1 heterocycles. The number of hydrogen-bond acceptors (Lipinski definition) is 4. The fourth-order valence-electron chi connectivity index (χ4n) is 2.23. The number of nitrogens with zero attached hydrogens (tertiary/aromatic N) is 1. The van der Waals surface area contributed by atoms with Gasteiger partial charge in [0.05, 0.1) is 11.2 Å². The average Bonchev–Trinajstić information content (AvgIpc) is 2.84. The number of benzene rings is 1. The molecule has 0 saturated carbocycles. The Labute approximate surface area is 125 Å². The number of rotatable bonds is 5. The zero-order valence-electron chi connectivity index (χ0n) is 12.5. The van der Waals surface area contributed by atoms with E-state index in [-0.39, 0.29) is 6.54 Å². The first kappa shape index (κ1) is 15.8. The minimum Gasteiger partial charge on any atom is -0.469 e. The van der Waals surface area contributed by atoms with Crippen molar-refractivity contribution in [3.63, 3.8) is 0 Å². The van der Waals surface area contributed by atoms with Gasteiger partial charge in [0.15, 0.2) is 0 Å². The Kier molecular flexibility index (Phi) is 4.51. The van der Waals surface area contributed by atoms with Crippen molar-refractivity contribution in [2.75, 3.05) is 7.05 Å². The van der Waals surface area contributed by atoms with Gasteiger partial charge in [-0.1, -0.05) is 12.1 Å². The van der Waals surface area contributed by atoms with Gasteiger partial charge in [0.25, 0.3) is 0 Å². The molecule has 0 spiro atoms. The highest BCUT2D eigenvalue weighted by molar-refractivity contribution is 7.89. The third-order valence-corrected chi connectivity index (χ3v) is 5.61. The van der Waals surface area contributed by atoms with E-state index in [2.05, 4.69) is 0 Å². The van der Waals surface area contributed by atoms with Crippen LogP contribution in [0.2, 0.25) is 0 Å². The van der Waals surface area contributed by atoms with Crippen molar-refractivity contribution in [2.24, 2.45) is 5.73 Å². The first-order valence-corrected chi connectivity index (χ1v) is 8.09. The molecule has 6 heteroatoms. The molecule has 0 radical (unpaired) electrons. The molecule has 0 atom stereocenters. The molecule has 0 aliphatic carbocycles. The molecule has 5 nitrogen and oxygen atoms in total. The summed E-state index contributed by atoms with van der Waals surface area (Å²) >= 11 is 0. The average molecular weight is 308 g/mol. The van der Waals surface area contributed by atoms with E-state index in [0.717, 1.165) is 16.9 Å². The molecule has 0 aliphatic rings. The highest BCUT2D eigenvalue weighted by Crippen LogP contribution is 2.23. The Morgan fingerprint density at radius 3 is 2.48 bits per heavy atom. The molecule has 1 aromatic heterocycles. The van der Waals surface area contributed by atoms with Gasteiger partial charge in [-0.05, 0) is 37.1 Å². The van der Waals surface area contributed by atoms with Gasteiger partial charge < -0.3 is 10.2 Å². The monoisotopic (exact) mass is 308 g/mol. The lowest BCUT2D eigenvalue weighted by Crippen LogP contribution is -2.27. The van der Waals surface area contributed by atoms with Crippen molar-refractivity contribution in [1.82, 2.24) is 4.31 Å². The van der Waals surface area contributed by atoms with Crippen LogP contribution in [0.15, 0.2) is 39.8 Å². The minimum absolute atomic E-state index is 0.275. The molecule has 0 unspecified atom stereocenters. The van der Waals surface area contributed by atoms with Gasteiger partial charge in [-0.15, -0.1) is 0 Å². The van der Waals surface area contributed by atoms with Gasteiger partial charge in [0.1, 0.15) is 5.76 Å². The van der Waals surface area contributed by atoms with E-state index in [1.54, 1.807) is 38.4 Å². The highest BCUT2D eigenvalue weighted by Gasteiger charge is 2.24. The number of hydrogen-bond donors (Lipinski definition) is 1. The quantitative estimate of drug-likeness (QED) is 0.918. The maximum atomic E-state index is 12.7. The molecule has 0 amide bonds. The second-order valence-electron chi connectivity index (χ2n) is 5.01. The van der Waals surface area contributed by atoms with Crippen LogP contribution in [0.3, 0.4) is 0 Å². The summed E-state index contributed by atoms with van der Waals surface area (Å²) < 4.78 is 32.0. The van der Waals surface area contributed by atoms with Crippen LogP contribution in [0.5, 0.6) is 0 Å². The van der Waals surface area contributed by atoms with Gasteiger partial charge in [-0.25, -0.2) is 8.42 Å². The van der Waals surface area contributed by atoms with E-state index in [9.17, 15) is 8.42 Å². The summed E-state index contributed by atoms with van der Waals surface area (Å²) in [6, 6.07) is 6.96. The molecular formula is C15H20N2O3S. The van der Waals surface area contributed by atoms with E-state index >= 15 is 0 Å². The molecule has 2 aromatic rings. The summed E-state index contributed by atoms with van der Waals surface area (Å²) in [5.41, 5.74) is 8.04. The molecule has 0 saturated heterocycles. The van der Waals surface area contributed by atoms with Crippen molar-refractivity contribution >= 4 is 10.0 Å². The molecule has 2 rings (SSSR count). The summed E-state index contributed by atoms with van der Waals surface area (Å²) in [7, 11) is -1.99. The third kappa shape index (κ3) is 3.02. The first-order valence-electron chi connectivity index (χ1n) is 6.65. The van der Waals surface area contributed by atoms with Crippen molar-refractivity contribution in [2.45, 2.75) is 31.8 Å². The normalized spacial score (nSPS) is 12.0. The van der Waals surface area contributed by atoms with Crippen molar-refractivity contribution in [1.29, 1.82) is 0 Å². The standard InChI is InChI=1S/C15H20N2O3S/c1-11-13(9-16)5-4-6-15(11)21(18,19)17(3)10-14-7-8-20-12(14)2/h4-8H,9-10,16H2,1-3H3. The maximum Gasteiger partial charge on any atom is 0.243 e. The van der Waals surface area contributed by atoms with Crippen LogP contribution in [0.4, 0.5) is 0 Å². The Morgan fingerprint density at radius 1 is 1.19 bits per heavy atom. The smallest absolute Gasteiger partial charge is 0.243 e. The van der Waals surface area contributed by atoms with Crippen LogP contribution in [0, 0.1) is 13.8 Å². The second kappa shape index (κ2) is 6.01. The number of furan rings is 1. The zero-order chi connectivity index (χ0) is 15.6. The topological polar surface area (TPSA) is 76.5 Å². The van der Waals surface area contributed by atoms with Crippen LogP contribution < -0.4 is 5.73 Å². The van der Waals surface area contributed by atoms with Gasteiger partial charge in [0.2, 0.25) is 10.0 Å². The maximum absolute atomic E-state index is 12.7. The van der Waals surface area contributed by atoms with Crippen LogP contribution >= 0.6 is 0 Å². The van der Waals surface area contributed by atoms with E-state index in [1.807, 2.05) is 13.0 Å².